The fourth-order valence-electron chi connectivity index (χ4n) is 5.70. The largest absolute Gasteiger partial charge is 0.309 e. The molecule has 0 spiro atoms. The average molecular weight is 554 g/mol. The Hall–Kier alpha value is -5.54. The van der Waals surface area contributed by atoms with Crippen LogP contribution in [0.1, 0.15) is 19.5 Å². The van der Waals surface area contributed by atoms with E-state index in [1.807, 2.05) is 37.3 Å². The van der Waals surface area contributed by atoms with Gasteiger partial charge in [-0.2, -0.15) is 0 Å². The van der Waals surface area contributed by atoms with Crippen LogP contribution in [0.25, 0.3) is 66.8 Å². The molecule has 0 aliphatic rings. The molecule has 206 valence electrons. The molecular weight excluding hydrogens is 522 g/mol. The zero-order valence-electron chi connectivity index (χ0n) is 24.3. The van der Waals surface area contributed by atoms with Gasteiger partial charge < -0.3 is 4.57 Å². The van der Waals surface area contributed by atoms with Gasteiger partial charge in [-0.15, -0.1) is 0 Å². The van der Waals surface area contributed by atoms with Crippen LogP contribution in [-0.4, -0.2) is 14.5 Å². The lowest BCUT2D eigenvalue weighted by Crippen LogP contribution is -1.97. The van der Waals surface area contributed by atoms with Gasteiger partial charge in [0.25, 0.3) is 0 Å². The van der Waals surface area contributed by atoms with Gasteiger partial charge in [0.05, 0.1) is 22.4 Å². The number of aromatic nitrogens is 3. The third-order valence-electron chi connectivity index (χ3n) is 7.90. The van der Waals surface area contributed by atoms with Crippen LogP contribution in [-0.2, 0) is 0 Å². The van der Waals surface area contributed by atoms with E-state index >= 15 is 0 Å². The van der Waals surface area contributed by atoms with Gasteiger partial charge >= 0.3 is 0 Å². The minimum Gasteiger partial charge on any atom is -0.309 e. The summed E-state index contributed by atoms with van der Waals surface area (Å²) in [5.41, 5.74) is 10.9. The van der Waals surface area contributed by atoms with Crippen LogP contribution in [0.5, 0.6) is 0 Å². The molecule has 0 fully saturated rings. The predicted octanol–water partition coefficient (Wildman–Crippen LogP) is 10.6. The SMILES string of the molecule is CC=CC=C(C)c1cc(-c2cccc(-c3ccc(-n4c5ccccc5c5ccccc54)cc3)c2)nc(-c2ccccc2)n1. The molecule has 2 aromatic heterocycles. The molecule has 7 aromatic rings. The van der Waals surface area contributed by atoms with E-state index in [0.717, 1.165) is 50.7 Å². The number of benzene rings is 5. The van der Waals surface area contributed by atoms with Crippen molar-refractivity contribution >= 4 is 27.4 Å². The number of fused-ring (bicyclic) bond motifs is 3. The van der Waals surface area contributed by atoms with Crippen molar-refractivity contribution in [2.75, 3.05) is 0 Å². The highest BCUT2D eigenvalue weighted by Gasteiger charge is 2.13. The van der Waals surface area contributed by atoms with Crippen molar-refractivity contribution in [3.63, 3.8) is 0 Å². The highest BCUT2D eigenvalue weighted by molar-refractivity contribution is 6.09. The fraction of sp³-hybridized carbons (Fsp3) is 0.0500. The summed E-state index contributed by atoms with van der Waals surface area (Å²) in [7, 11) is 0. The van der Waals surface area contributed by atoms with Gasteiger partial charge in [-0.05, 0) is 66.9 Å². The minimum absolute atomic E-state index is 0.724. The lowest BCUT2D eigenvalue weighted by atomic mass is 10.0. The van der Waals surface area contributed by atoms with E-state index in [4.69, 9.17) is 9.97 Å². The third-order valence-corrected chi connectivity index (χ3v) is 7.90. The van der Waals surface area contributed by atoms with Gasteiger partial charge in [0.15, 0.2) is 5.82 Å². The topological polar surface area (TPSA) is 30.7 Å². The van der Waals surface area contributed by atoms with Crippen molar-refractivity contribution in [3.8, 4) is 39.5 Å². The molecule has 2 heterocycles. The molecule has 5 aromatic carbocycles. The molecule has 0 unspecified atom stereocenters. The maximum Gasteiger partial charge on any atom is 0.160 e. The van der Waals surface area contributed by atoms with E-state index in [0.29, 0.717) is 0 Å². The quantitative estimate of drug-likeness (QED) is 0.192. The Bertz CT molecular complexity index is 2080. The number of hydrogen-bond donors (Lipinski definition) is 0. The molecule has 7 rings (SSSR count). The predicted molar refractivity (Wildman–Crippen MR) is 181 cm³/mol. The van der Waals surface area contributed by atoms with Crippen molar-refractivity contribution in [1.82, 2.24) is 14.5 Å². The summed E-state index contributed by atoms with van der Waals surface area (Å²) >= 11 is 0. The Morgan fingerprint density at radius 2 is 1.21 bits per heavy atom. The Morgan fingerprint density at radius 1 is 0.581 bits per heavy atom. The van der Waals surface area contributed by atoms with Crippen LogP contribution in [0, 0.1) is 0 Å². The first kappa shape index (κ1) is 26.4. The van der Waals surface area contributed by atoms with Crippen LogP contribution in [0.15, 0.2) is 152 Å². The van der Waals surface area contributed by atoms with E-state index in [-0.39, 0.29) is 0 Å². The van der Waals surface area contributed by atoms with Gasteiger partial charge in [0.2, 0.25) is 0 Å². The average Bonchev–Trinajstić information content (AvgIpc) is 3.42. The molecule has 0 aliphatic heterocycles. The second-order valence-electron chi connectivity index (χ2n) is 10.7. The van der Waals surface area contributed by atoms with E-state index in [2.05, 4.69) is 133 Å². The van der Waals surface area contributed by atoms with Crippen LogP contribution < -0.4 is 0 Å². The maximum absolute atomic E-state index is 5.02. The van der Waals surface area contributed by atoms with Gasteiger partial charge in [-0.25, -0.2) is 9.97 Å². The second kappa shape index (κ2) is 11.4. The van der Waals surface area contributed by atoms with Crippen LogP contribution in [0.3, 0.4) is 0 Å². The highest BCUT2D eigenvalue weighted by atomic mass is 15.0. The zero-order chi connectivity index (χ0) is 29.2. The highest BCUT2D eigenvalue weighted by Crippen LogP contribution is 2.33. The first-order valence-electron chi connectivity index (χ1n) is 14.6. The summed E-state index contributed by atoms with van der Waals surface area (Å²) in [6.45, 7) is 4.11. The molecule has 0 N–H and O–H groups in total. The number of hydrogen-bond acceptors (Lipinski definition) is 2. The third kappa shape index (κ3) is 5.06. The zero-order valence-corrected chi connectivity index (χ0v) is 24.3. The fourth-order valence-corrected chi connectivity index (χ4v) is 5.70. The Morgan fingerprint density at radius 3 is 1.91 bits per heavy atom. The molecule has 0 saturated carbocycles. The van der Waals surface area contributed by atoms with E-state index in [1.165, 1.54) is 21.8 Å². The summed E-state index contributed by atoms with van der Waals surface area (Å²) in [6, 6.07) is 47.0. The Balaban J connectivity index is 1.29. The smallest absolute Gasteiger partial charge is 0.160 e. The van der Waals surface area contributed by atoms with E-state index in [1.54, 1.807) is 0 Å². The molecule has 0 aliphatic carbocycles. The van der Waals surface area contributed by atoms with Gasteiger partial charge in [0, 0.05) is 27.6 Å². The molecular formula is C40H31N3. The van der Waals surface area contributed by atoms with Crippen molar-refractivity contribution in [2.24, 2.45) is 0 Å². The number of para-hydroxylation sites is 2. The number of rotatable bonds is 6. The van der Waals surface area contributed by atoms with Crippen molar-refractivity contribution in [3.05, 3.63) is 157 Å². The number of nitrogens with zero attached hydrogens (tertiary/aromatic N) is 3. The summed E-state index contributed by atoms with van der Waals surface area (Å²) in [6.07, 6.45) is 6.17. The Kier molecular flexibility index (Phi) is 6.98. The number of allylic oxidation sites excluding steroid dienone is 4. The summed E-state index contributed by atoms with van der Waals surface area (Å²) in [5, 5.41) is 2.54. The second-order valence-corrected chi connectivity index (χ2v) is 10.7. The standard InChI is InChI=1S/C40H31N3/c1-3-4-13-28(2)36-27-37(42-40(41-36)30-14-6-5-7-15-30)32-17-12-16-31(26-32)29-22-24-33(25-23-29)43-38-20-10-8-18-34(38)35-19-9-11-21-39(35)43/h3-27H,1-2H3. The van der Waals surface area contributed by atoms with Crippen molar-refractivity contribution in [2.45, 2.75) is 13.8 Å². The first-order valence-corrected chi connectivity index (χ1v) is 14.6. The van der Waals surface area contributed by atoms with Gasteiger partial charge in [-0.1, -0.05) is 115 Å². The molecule has 3 heteroatoms. The van der Waals surface area contributed by atoms with Crippen molar-refractivity contribution < 1.29 is 0 Å². The monoisotopic (exact) mass is 553 g/mol. The lowest BCUT2D eigenvalue weighted by molar-refractivity contribution is 1.15. The molecule has 3 nitrogen and oxygen atoms in total. The molecule has 0 radical (unpaired) electrons. The van der Waals surface area contributed by atoms with Crippen LogP contribution >= 0.6 is 0 Å². The lowest BCUT2D eigenvalue weighted by Gasteiger charge is -2.12. The van der Waals surface area contributed by atoms with E-state index in [9.17, 15) is 0 Å². The molecule has 0 atom stereocenters. The minimum atomic E-state index is 0.724. The summed E-state index contributed by atoms with van der Waals surface area (Å²) in [5.74, 6) is 0.724. The molecule has 0 saturated heterocycles. The van der Waals surface area contributed by atoms with E-state index < -0.39 is 0 Å². The summed E-state index contributed by atoms with van der Waals surface area (Å²) in [4.78, 5) is 9.94. The molecule has 0 bridgehead atoms. The Labute approximate surface area is 252 Å². The van der Waals surface area contributed by atoms with Gasteiger partial charge in [0.1, 0.15) is 0 Å². The van der Waals surface area contributed by atoms with Crippen molar-refractivity contribution in [1.29, 1.82) is 0 Å². The molecule has 43 heavy (non-hydrogen) atoms. The van der Waals surface area contributed by atoms with Crippen LogP contribution in [0.2, 0.25) is 0 Å². The normalized spacial score (nSPS) is 12.0. The summed E-state index contributed by atoms with van der Waals surface area (Å²) < 4.78 is 2.35. The van der Waals surface area contributed by atoms with Crippen LogP contribution in [0.4, 0.5) is 0 Å². The first-order chi connectivity index (χ1) is 21.2. The molecule has 0 amide bonds. The maximum atomic E-state index is 5.02. The van der Waals surface area contributed by atoms with Gasteiger partial charge in [-0.3, -0.25) is 0 Å².